The maximum absolute atomic E-state index is 12.2. The maximum atomic E-state index is 12.2. The number of hydrogen-bond donors (Lipinski definition) is 1. The minimum absolute atomic E-state index is 0.0243. The van der Waals surface area contributed by atoms with Gasteiger partial charge in [-0.3, -0.25) is 4.79 Å². The van der Waals surface area contributed by atoms with Crippen molar-refractivity contribution in [3.05, 3.63) is 28.7 Å². The van der Waals surface area contributed by atoms with Gasteiger partial charge in [0.1, 0.15) is 6.04 Å². The Hall–Kier alpha value is -0.790. The summed E-state index contributed by atoms with van der Waals surface area (Å²) in [7, 11) is -3.85. The predicted octanol–water partition coefficient (Wildman–Crippen LogP) is 1.61. The molecular formula is C9H9BrFNO3S. The van der Waals surface area contributed by atoms with Crippen LogP contribution in [0, 0.1) is 0 Å². The van der Waals surface area contributed by atoms with Gasteiger partial charge in [0.15, 0.2) is 0 Å². The van der Waals surface area contributed by atoms with Crippen LogP contribution < -0.4 is 4.72 Å². The molecule has 1 N–H and O–H groups in total. The third kappa shape index (κ3) is 3.36. The lowest BCUT2D eigenvalue weighted by Gasteiger charge is -2.09. The number of benzene rings is 1. The van der Waals surface area contributed by atoms with Crippen molar-refractivity contribution in [3.8, 4) is 0 Å². The molecule has 1 rings (SSSR count). The molecule has 0 spiro atoms. The fourth-order valence-electron chi connectivity index (χ4n) is 0.961. The van der Waals surface area contributed by atoms with Gasteiger partial charge in [0.05, 0.1) is 4.90 Å². The molecule has 0 aliphatic rings. The highest BCUT2D eigenvalue weighted by molar-refractivity contribution is 9.10. The molecule has 1 atom stereocenters. The van der Waals surface area contributed by atoms with E-state index in [-0.39, 0.29) is 4.90 Å². The van der Waals surface area contributed by atoms with Crippen LogP contribution in [0.5, 0.6) is 0 Å². The van der Waals surface area contributed by atoms with Crippen molar-refractivity contribution in [1.29, 1.82) is 0 Å². The summed E-state index contributed by atoms with van der Waals surface area (Å²) in [6.07, 6.45) is 0. The lowest BCUT2D eigenvalue weighted by atomic mass is 10.4. The van der Waals surface area contributed by atoms with Crippen LogP contribution in [0.3, 0.4) is 0 Å². The first-order valence-corrected chi connectivity index (χ1v) is 6.58. The zero-order valence-corrected chi connectivity index (χ0v) is 10.7. The minimum atomic E-state index is -3.85. The van der Waals surface area contributed by atoms with Crippen LogP contribution in [-0.4, -0.2) is 20.5 Å². The predicted molar refractivity (Wildman–Crippen MR) is 60.0 cm³/mol. The van der Waals surface area contributed by atoms with Gasteiger partial charge in [-0.1, -0.05) is 15.9 Å². The van der Waals surface area contributed by atoms with Crippen molar-refractivity contribution in [2.45, 2.75) is 17.9 Å². The first-order valence-electron chi connectivity index (χ1n) is 4.30. The van der Waals surface area contributed by atoms with E-state index in [4.69, 9.17) is 0 Å². The first-order chi connectivity index (χ1) is 7.33. The molecule has 0 aliphatic heterocycles. The van der Waals surface area contributed by atoms with Gasteiger partial charge >= 0.3 is 6.04 Å². The summed E-state index contributed by atoms with van der Waals surface area (Å²) < 4.78 is 38.1. The molecule has 0 aliphatic carbocycles. The molecule has 0 unspecified atom stereocenters. The number of hydrogen-bond acceptors (Lipinski definition) is 3. The van der Waals surface area contributed by atoms with E-state index < -0.39 is 22.1 Å². The fourth-order valence-corrected chi connectivity index (χ4v) is 2.41. The fraction of sp³-hybridized carbons (Fsp3) is 0.222. The Morgan fingerprint density at radius 1 is 1.38 bits per heavy atom. The second kappa shape index (κ2) is 5.03. The Morgan fingerprint density at radius 3 is 2.31 bits per heavy atom. The SMILES string of the molecule is C[C@H](NS(=O)(=O)c1ccc(Br)cc1)C(=O)F. The standard InChI is InChI=1S/C9H9BrFNO3S/c1-6(9(11)13)12-16(14,15)8-4-2-7(10)3-5-8/h2-6,12H,1H3/t6-/m0/s1. The third-order valence-electron chi connectivity index (χ3n) is 1.80. The van der Waals surface area contributed by atoms with E-state index in [2.05, 4.69) is 15.9 Å². The van der Waals surface area contributed by atoms with Crippen LogP contribution in [0.2, 0.25) is 0 Å². The van der Waals surface area contributed by atoms with Crippen LogP contribution in [0.1, 0.15) is 6.92 Å². The molecule has 0 bridgehead atoms. The van der Waals surface area contributed by atoms with E-state index >= 15 is 0 Å². The molecule has 1 aromatic rings. The summed E-state index contributed by atoms with van der Waals surface area (Å²) in [5.41, 5.74) is 0. The van der Waals surface area contributed by atoms with Gasteiger partial charge in [-0.15, -0.1) is 0 Å². The summed E-state index contributed by atoms with van der Waals surface area (Å²) in [6, 6.07) is 2.67. The van der Waals surface area contributed by atoms with E-state index in [0.29, 0.717) is 0 Å². The molecular weight excluding hydrogens is 301 g/mol. The van der Waals surface area contributed by atoms with Crippen molar-refractivity contribution < 1.29 is 17.6 Å². The maximum Gasteiger partial charge on any atom is 0.319 e. The second-order valence-corrected chi connectivity index (χ2v) is 5.73. The number of carbonyl (C=O) groups is 1. The largest absolute Gasteiger partial charge is 0.319 e. The highest BCUT2D eigenvalue weighted by atomic mass is 79.9. The van der Waals surface area contributed by atoms with Crippen molar-refractivity contribution >= 4 is 32.0 Å². The van der Waals surface area contributed by atoms with Crippen molar-refractivity contribution in [3.63, 3.8) is 0 Å². The van der Waals surface area contributed by atoms with Gasteiger partial charge in [-0.25, -0.2) is 8.42 Å². The number of sulfonamides is 1. The lowest BCUT2D eigenvalue weighted by molar-refractivity contribution is -0.130. The highest BCUT2D eigenvalue weighted by Gasteiger charge is 2.21. The molecule has 0 fully saturated rings. The van der Waals surface area contributed by atoms with Crippen molar-refractivity contribution in [1.82, 2.24) is 4.72 Å². The summed E-state index contributed by atoms with van der Waals surface area (Å²) in [5.74, 6) is 0. The zero-order valence-electron chi connectivity index (χ0n) is 8.28. The van der Waals surface area contributed by atoms with Crippen LogP contribution in [0.4, 0.5) is 4.39 Å². The lowest BCUT2D eigenvalue weighted by Crippen LogP contribution is -2.36. The number of halogens is 2. The molecule has 16 heavy (non-hydrogen) atoms. The molecule has 0 saturated heterocycles. The second-order valence-electron chi connectivity index (χ2n) is 3.10. The van der Waals surface area contributed by atoms with Gasteiger partial charge in [-0.05, 0) is 31.2 Å². The van der Waals surface area contributed by atoms with E-state index in [0.717, 1.165) is 11.4 Å². The third-order valence-corrected chi connectivity index (χ3v) is 3.88. The van der Waals surface area contributed by atoms with E-state index in [1.54, 1.807) is 0 Å². The molecule has 0 amide bonds. The van der Waals surface area contributed by atoms with Crippen LogP contribution in [0.25, 0.3) is 0 Å². The highest BCUT2D eigenvalue weighted by Crippen LogP contribution is 2.14. The molecule has 1 aromatic carbocycles. The number of nitrogens with one attached hydrogen (secondary N) is 1. The van der Waals surface area contributed by atoms with Crippen LogP contribution in [0.15, 0.2) is 33.6 Å². The first kappa shape index (κ1) is 13.3. The average Bonchev–Trinajstić information content (AvgIpc) is 2.17. The molecule has 88 valence electrons. The summed E-state index contributed by atoms with van der Waals surface area (Å²) in [4.78, 5) is 10.3. The van der Waals surface area contributed by atoms with Gasteiger partial charge in [0, 0.05) is 4.47 Å². The van der Waals surface area contributed by atoms with E-state index in [9.17, 15) is 17.6 Å². The topological polar surface area (TPSA) is 63.2 Å². The van der Waals surface area contributed by atoms with E-state index in [1.165, 1.54) is 24.3 Å². The molecule has 0 heterocycles. The van der Waals surface area contributed by atoms with Crippen molar-refractivity contribution in [2.75, 3.05) is 0 Å². The van der Waals surface area contributed by atoms with Gasteiger partial charge in [-0.2, -0.15) is 9.11 Å². The Morgan fingerprint density at radius 2 is 1.88 bits per heavy atom. The van der Waals surface area contributed by atoms with Gasteiger partial charge < -0.3 is 0 Å². The molecule has 0 saturated carbocycles. The number of rotatable bonds is 4. The normalized spacial score (nSPS) is 13.4. The van der Waals surface area contributed by atoms with Crippen molar-refractivity contribution in [2.24, 2.45) is 0 Å². The number of carbonyl (C=O) groups excluding carboxylic acids is 1. The minimum Gasteiger partial charge on any atom is -0.259 e. The Balaban J connectivity index is 2.94. The molecule has 0 radical (unpaired) electrons. The Kier molecular flexibility index (Phi) is 4.17. The summed E-state index contributed by atoms with van der Waals surface area (Å²) in [5, 5.41) is 0. The monoisotopic (exact) mass is 309 g/mol. The van der Waals surface area contributed by atoms with Gasteiger partial charge in [0.25, 0.3) is 0 Å². The quantitative estimate of drug-likeness (QED) is 0.860. The van der Waals surface area contributed by atoms with E-state index in [1.807, 2.05) is 4.72 Å². The zero-order chi connectivity index (χ0) is 12.3. The Bertz CT molecular complexity index is 486. The molecule has 4 nitrogen and oxygen atoms in total. The molecule has 0 aromatic heterocycles. The van der Waals surface area contributed by atoms with Crippen LogP contribution in [-0.2, 0) is 14.8 Å². The van der Waals surface area contributed by atoms with Gasteiger partial charge in [0.2, 0.25) is 10.0 Å². The summed E-state index contributed by atoms with van der Waals surface area (Å²) >= 11 is 3.16. The molecule has 7 heteroatoms. The average molecular weight is 310 g/mol. The van der Waals surface area contributed by atoms with Crippen LogP contribution >= 0.6 is 15.9 Å². The summed E-state index contributed by atoms with van der Waals surface area (Å²) in [6.45, 7) is 1.14. The smallest absolute Gasteiger partial charge is 0.259 e. The Labute approximate surface area is 101 Å².